The smallest absolute Gasteiger partial charge is 0.303 e. The normalized spacial score (nSPS) is 11.7. The molecule has 0 fully saturated rings. The van der Waals surface area contributed by atoms with Gasteiger partial charge in [0.25, 0.3) is 0 Å². The fraction of sp³-hybridized carbons (Fsp3) is 0.226. The summed E-state index contributed by atoms with van der Waals surface area (Å²) < 4.78 is 2.22. The Morgan fingerprint density at radius 3 is 1.80 bits per heavy atom. The van der Waals surface area contributed by atoms with Crippen LogP contribution in [-0.4, -0.2) is 20.6 Å². The number of unbranched alkanes of at least 4 members (excludes halogenated alkanes) is 4. The number of carbonyl (C=O) groups is 1. The van der Waals surface area contributed by atoms with Gasteiger partial charge in [-0.05, 0) is 42.0 Å². The number of aromatic nitrogens is 2. The first-order chi connectivity index (χ1) is 17.2. The predicted octanol–water partition coefficient (Wildman–Crippen LogP) is 7.16. The molecule has 0 amide bonds. The molecule has 0 aliphatic heterocycles. The van der Waals surface area contributed by atoms with Crippen LogP contribution in [0.4, 0.5) is 0 Å². The van der Waals surface area contributed by atoms with E-state index in [2.05, 4.69) is 95.7 Å². The molecule has 0 saturated heterocycles. The molecule has 4 rings (SSSR count). The fourth-order valence-electron chi connectivity index (χ4n) is 4.69. The molecule has 4 nitrogen and oxygen atoms in total. The Kier molecular flexibility index (Phi) is 8.29. The lowest BCUT2D eigenvalue weighted by molar-refractivity contribution is -0.137. The van der Waals surface area contributed by atoms with Crippen molar-refractivity contribution >= 4 is 12.0 Å². The fourth-order valence-corrected chi connectivity index (χ4v) is 4.69. The topological polar surface area (TPSA) is 55.1 Å². The van der Waals surface area contributed by atoms with Crippen LogP contribution >= 0.6 is 0 Å². The van der Waals surface area contributed by atoms with Crippen molar-refractivity contribution in [1.82, 2.24) is 9.55 Å². The van der Waals surface area contributed by atoms with Gasteiger partial charge in [0.1, 0.15) is 5.54 Å². The predicted molar refractivity (Wildman–Crippen MR) is 141 cm³/mol. The molecule has 4 aromatic rings. The van der Waals surface area contributed by atoms with Gasteiger partial charge in [-0.15, -0.1) is 0 Å². The summed E-state index contributed by atoms with van der Waals surface area (Å²) in [5.74, 6) is -0.710. The molecule has 1 aromatic heterocycles. The lowest BCUT2D eigenvalue weighted by Gasteiger charge is -2.37. The molecular formula is C31H32N2O2. The van der Waals surface area contributed by atoms with Gasteiger partial charge in [-0.3, -0.25) is 4.79 Å². The zero-order chi connectivity index (χ0) is 24.3. The number of aliphatic carboxylic acids is 1. The Labute approximate surface area is 207 Å². The summed E-state index contributed by atoms with van der Waals surface area (Å²) in [6, 6.07) is 31.8. The van der Waals surface area contributed by atoms with Gasteiger partial charge in [0.15, 0.2) is 0 Å². The quantitative estimate of drug-likeness (QED) is 0.179. The SMILES string of the molecule is O=C(O)CCCCCCC=Cc1cn(C(c2ccccc2)(c2ccccc2)c2ccccc2)cn1. The highest BCUT2D eigenvalue weighted by Gasteiger charge is 2.38. The van der Waals surface area contributed by atoms with Crippen LogP contribution in [0.15, 0.2) is 110 Å². The van der Waals surface area contributed by atoms with E-state index >= 15 is 0 Å². The van der Waals surface area contributed by atoms with Crippen LogP contribution in [0.25, 0.3) is 6.08 Å². The molecule has 0 radical (unpaired) electrons. The summed E-state index contributed by atoms with van der Waals surface area (Å²) in [7, 11) is 0. The highest BCUT2D eigenvalue weighted by molar-refractivity contribution is 5.66. The molecule has 0 bridgehead atoms. The van der Waals surface area contributed by atoms with Gasteiger partial charge in [0.05, 0.1) is 12.0 Å². The van der Waals surface area contributed by atoms with Gasteiger partial charge < -0.3 is 9.67 Å². The lowest BCUT2D eigenvalue weighted by atomic mass is 9.77. The van der Waals surface area contributed by atoms with Crippen LogP contribution in [0, 0.1) is 0 Å². The Balaban J connectivity index is 1.62. The van der Waals surface area contributed by atoms with Crippen LogP contribution in [0.5, 0.6) is 0 Å². The lowest BCUT2D eigenvalue weighted by Crippen LogP contribution is -2.36. The maximum absolute atomic E-state index is 10.6. The molecule has 0 aliphatic rings. The summed E-state index contributed by atoms with van der Waals surface area (Å²) >= 11 is 0. The molecule has 0 spiro atoms. The van der Waals surface area contributed by atoms with Crippen LogP contribution in [-0.2, 0) is 10.3 Å². The van der Waals surface area contributed by atoms with Crippen LogP contribution in [0.3, 0.4) is 0 Å². The minimum absolute atomic E-state index is 0.263. The van der Waals surface area contributed by atoms with Gasteiger partial charge in [-0.2, -0.15) is 0 Å². The molecule has 0 saturated carbocycles. The van der Waals surface area contributed by atoms with Gasteiger partial charge in [-0.1, -0.05) is 110 Å². The average molecular weight is 465 g/mol. The van der Waals surface area contributed by atoms with Crippen molar-refractivity contribution < 1.29 is 9.90 Å². The summed E-state index contributed by atoms with van der Waals surface area (Å²) in [6.45, 7) is 0. The maximum atomic E-state index is 10.6. The van der Waals surface area contributed by atoms with Gasteiger partial charge in [0, 0.05) is 12.6 Å². The van der Waals surface area contributed by atoms with Crippen molar-refractivity contribution in [3.63, 3.8) is 0 Å². The van der Waals surface area contributed by atoms with Crippen molar-refractivity contribution in [2.75, 3.05) is 0 Å². The van der Waals surface area contributed by atoms with Gasteiger partial charge in [0.2, 0.25) is 0 Å². The number of carboxylic acid groups (broad SMARTS) is 1. The van der Waals surface area contributed by atoms with Crippen molar-refractivity contribution in [3.8, 4) is 0 Å². The Morgan fingerprint density at radius 2 is 1.29 bits per heavy atom. The van der Waals surface area contributed by atoms with Crippen molar-refractivity contribution in [3.05, 3.63) is 132 Å². The van der Waals surface area contributed by atoms with E-state index in [1.807, 2.05) is 24.5 Å². The summed E-state index contributed by atoms with van der Waals surface area (Å²) in [5.41, 5.74) is 3.89. The average Bonchev–Trinajstić information content (AvgIpc) is 3.37. The number of carboxylic acids is 1. The minimum Gasteiger partial charge on any atom is -0.481 e. The van der Waals surface area contributed by atoms with Crippen molar-refractivity contribution in [1.29, 1.82) is 0 Å². The van der Waals surface area contributed by atoms with E-state index in [4.69, 9.17) is 10.1 Å². The van der Waals surface area contributed by atoms with Gasteiger partial charge >= 0.3 is 5.97 Å². The molecule has 4 heteroatoms. The summed E-state index contributed by atoms with van der Waals surface area (Å²) in [5, 5.41) is 8.74. The van der Waals surface area contributed by atoms with Crippen molar-refractivity contribution in [2.45, 2.75) is 44.1 Å². The maximum Gasteiger partial charge on any atom is 0.303 e. The molecule has 178 valence electrons. The third kappa shape index (κ3) is 5.78. The van der Waals surface area contributed by atoms with E-state index in [9.17, 15) is 4.79 Å². The number of imidazole rings is 1. The van der Waals surface area contributed by atoms with E-state index in [0.717, 1.165) is 37.8 Å². The second kappa shape index (κ2) is 12.0. The van der Waals surface area contributed by atoms with Gasteiger partial charge in [-0.25, -0.2) is 4.98 Å². The standard InChI is InChI=1S/C31H32N2O2/c34-30(35)23-15-4-2-1-3-14-22-29-24-33(25-32-29)31(26-16-8-5-9-17-26,27-18-10-6-11-19-27)28-20-12-7-13-21-28/h5-14,16-22,24-25H,1-4,15,23H2,(H,34,35). The molecule has 1 N–H and O–H groups in total. The van der Waals surface area contributed by atoms with Crippen molar-refractivity contribution in [2.24, 2.45) is 0 Å². The third-order valence-electron chi connectivity index (χ3n) is 6.36. The zero-order valence-electron chi connectivity index (χ0n) is 20.0. The second-order valence-electron chi connectivity index (χ2n) is 8.76. The highest BCUT2D eigenvalue weighted by Crippen LogP contribution is 2.40. The van der Waals surface area contributed by atoms with E-state index < -0.39 is 11.5 Å². The number of allylic oxidation sites excluding steroid dienone is 1. The molecular weight excluding hydrogens is 432 g/mol. The monoisotopic (exact) mass is 464 g/mol. The largest absolute Gasteiger partial charge is 0.481 e. The third-order valence-corrected chi connectivity index (χ3v) is 6.36. The number of hydrogen-bond acceptors (Lipinski definition) is 2. The summed E-state index contributed by atoms with van der Waals surface area (Å²) in [6.07, 6.45) is 13.3. The molecule has 0 aliphatic carbocycles. The Morgan fingerprint density at radius 1 is 0.771 bits per heavy atom. The van der Waals surface area contributed by atoms with E-state index in [1.165, 1.54) is 16.7 Å². The van der Waals surface area contributed by atoms with E-state index in [1.54, 1.807) is 0 Å². The first kappa shape index (κ1) is 24.2. The number of hydrogen-bond donors (Lipinski definition) is 1. The summed E-state index contributed by atoms with van der Waals surface area (Å²) in [4.78, 5) is 15.4. The highest BCUT2D eigenvalue weighted by atomic mass is 16.4. The van der Waals surface area contributed by atoms with Crippen LogP contribution in [0.1, 0.15) is 60.9 Å². The van der Waals surface area contributed by atoms with E-state index in [0.29, 0.717) is 0 Å². The van der Waals surface area contributed by atoms with Crippen LogP contribution < -0.4 is 0 Å². The zero-order valence-corrected chi connectivity index (χ0v) is 20.0. The van der Waals surface area contributed by atoms with E-state index in [-0.39, 0.29) is 6.42 Å². The Hall–Kier alpha value is -3.92. The minimum atomic E-state index is -0.710. The second-order valence-corrected chi connectivity index (χ2v) is 8.76. The first-order valence-corrected chi connectivity index (χ1v) is 12.3. The Bertz CT molecular complexity index is 1120. The molecule has 35 heavy (non-hydrogen) atoms. The number of nitrogens with zero attached hydrogens (tertiary/aromatic N) is 2. The van der Waals surface area contributed by atoms with Crippen LogP contribution in [0.2, 0.25) is 0 Å². The number of benzene rings is 3. The molecule has 3 aromatic carbocycles. The molecule has 1 heterocycles. The molecule has 0 unspecified atom stereocenters. The number of rotatable bonds is 12. The molecule has 0 atom stereocenters. The first-order valence-electron chi connectivity index (χ1n) is 12.3.